The molecule has 0 N–H and O–H groups in total. The standard InChI is InChI=1S/C19H25ClN4O3S2/c20-17-3-1-15(2-4-17)12-22-6-8-23(9-7-22)14-24-19(28)27-18(21-24)11-16-5-10-29(25,26)13-16/h1-4,16H,5-14H2/t16-/m1/s1. The Labute approximate surface area is 181 Å². The van der Waals surface area contributed by atoms with Crippen LogP contribution in [0.5, 0.6) is 0 Å². The Morgan fingerprint density at radius 1 is 1.14 bits per heavy atom. The highest BCUT2D eigenvalue weighted by Gasteiger charge is 2.29. The van der Waals surface area contributed by atoms with Gasteiger partial charge < -0.3 is 4.42 Å². The number of piperazine rings is 1. The van der Waals surface area contributed by atoms with Crippen LogP contribution in [-0.4, -0.2) is 65.7 Å². The maximum absolute atomic E-state index is 11.6. The summed E-state index contributed by atoms with van der Waals surface area (Å²) in [6.07, 6.45) is 1.21. The van der Waals surface area contributed by atoms with E-state index < -0.39 is 9.84 Å². The SMILES string of the molecule is O=S1(=O)CC[C@H](Cc2nn(CN3CCN(Cc4ccc(Cl)cc4)CC3)c(=S)o2)C1. The first-order valence-electron chi connectivity index (χ1n) is 9.83. The largest absolute Gasteiger partial charge is 0.414 e. The Hall–Kier alpha value is -1.26. The van der Waals surface area contributed by atoms with E-state index in [-0.39, 0.29) is 17.4 Å². The Morgan fingerprint density at radius 3 is 2.48 bits per heavy atom. The number of aromatic nitrogens is 2. The summed E-state index contributed by atoms with van der Waals surface area (Å²) >= 11 is 11.3. The highest BCUT2D eigenvalue weighted by atomic mass is 35.5. The minimum Gasteiger partial charge on any atom is -0.414 e. The number of nitrogens with zero attached hydrogens (tertiary/aromatic N) is 4. The molecule has 10 heteroatoms. The van der Waals surface area contributed by atoms with Gasteiger partial charge in [0.25, 0.3) is 4.84 Å². The summed E-state index contributed by atoms with van der Waals surface area (Å²) in [4.78, 5) is 5.08. The van der Waals surface area contributed by atoms with Gasteiger partial charge in [0.1, 0.15) is 0 Å². The van der Waals surface area contributed by atoms with Crippen molar-refractivity contribution in [3.05, 3.63) is 45.6 Å². The fourth-order valence-corrected chi connectivity index (χ4v) is 6.11. The van der Waals surface area contributed by atoms with Crippen molar-refractivity contribution in [1.82, 2.24) is 19.6 Å². The number of hydrogen-bond acceptors (Lipinski definition) is 7. The third-order valence-electron chi connectivity index (χ3n) is 5.56. The van der Waals surface area contributed by atoms with Crippen LogP contribution in [0.15, 0.2) is 28.7 Å². The molecule has 7 nitrogen and oxygen atoms in total. The predicted octanol–water partition coefficient (Wildman–Crippen LogP) is 2.61. The second-order valence-corrected chi connectivity index (χ2v) is 10.9. The molecule has 1 aromatic carbocycles. The first-order valence-corrected chi connectivity index (χ1v) is 12.4. The highest BCUT2D eigenvalue weighted by Crippen LogP contribution is 2.22. The average Bonchev–Trinajstić information content (AvgIpc) is 3.20. The van der Waals surface area contributed by atoms with Crippen LogP contribution in [-0.2, 0) is 29.5 Å². The maximum Gasteiger partial charge on any atom is 0.288 e. The lowest BCUT2D eigenvalue weighted by atomic mass is 10.1. The van der Waals surface area contributed by atoms with Crippen LogP contribution in [0.4, 0.5) is 0 Å². The molecule has 2 aliphatic heterocycles. The van der Waals surface area contributed by atoms with Crippen LogP contribution in [0.25, 0.3) is 0 Å². The van der Waals surface area contributed by atoms with Crippen LogP contribution in [0, 0.1) is 10.8 Å². The first-order chi connectivity index (χ1) is 13.9. The van der Waals surface area contributed by atoms with E-state index in [0.29, 0.717) is 30.2 Å². The number of sulfone groups is 1. The quantitative estimate of drug-likeness (QED) is 0.618. The zero-order chi connectivity index (χ0) is 20.4. The van der Waals surface area contributed by atoms with Crippen molar-refractivity contribution in [3.8, 4) is 0 Å². The molecule has 29 heavy (non-hydrogen) atoms. The van der Waals surface area contributed by atoms with E-state index in [1.807, 2.05) is 12.1 Å². The molecule has 3 heterocycles. The summed E-state index contributed by atoms with van der Waals surface area (Å²) in [6.45, 7) is 5.32. The zero-order valence-electron chi connectivity index (χ0n) is 16.2. The van der Waals surface area contributed by atoms with Gasteiger partial charge in [-0.05, 0) is 42.3 Å². The van der Waals surface area contributed by atoms with Gasteiger partial charge in [0.15, 0.2) is 9.84 Å². The van der Waals surface area contributed by atoms with Crippen LogP contribution < -0.4 is 0 Å². The minimum atomic E-state index is -2.89. The molecule has 2 saturated heterocycles. The van der Waals surface area contributed by atoms with Gasteiger partial charge in [-0.25, -0.2) is 13.1 Å². The molecule has 0 saturated carbocycles. The fraction of sp³-hybridized carbons (Fsp3) is 0.579. The molecule has 1 atom stereocenters. The van der Waals surface area contributed by atoms with Crippen molar-refractivity contribution in [2.45, 2.75) is 26.1 Å². The van der Waals surface area contributed by atoms with Gasteiger partial charge >= 0.3 is 0 Å². The second-order valence-electron chi connectivity index (χ2n) is 7.90. The van der Waals surface area contributed by atoms with Gasteiger partial charge in [0.2, 0.25) is 5.89 Å². The lowest BCUT2D eigenvalue weighted by molar-refractivity contribution is 0.0973. The van der Waals surface area contributed by atoms with Crippen molar-refractivity contribution in [2.75, 3.05) is 37.7 Å². The summed E-state index contributed by atoms with van der Waals surface area (Å²) < 4.78 is 30.6. The highest BCUT2D eigenvalue weighted by molar-refractivity contribution is 7.91. The number of rotatable bonds is 6. The Morgan fingerprint density at radius 2 is 1.83 bits per heavy atom. The molecule has 0 spiro atoms. The molecule has 0 aliphatic carbocycles. The Balaban J connectivity index is 1.27. The van der Waals surface area contributed by atoms with Crippen LogP contribution in [0.1, 0.15) is 17.9 Å². The predicted molar refractivity (Wildman–Crippen MR) is 114 cm³/mol. The normalized spacial score (nSPS) is 22.9. The van der Waals surface area contributed by atoms with E-state index in [1.165, 1.54) is 5.56 Å². The number of halogens is 1. The first kappa shape index (κ1) is 21.0. The van der Waals surface area contributed by atoms with Gasteiger partial charge in [-0.3, -0.25) is 9.80 Å². The van der Waals surface area contributed by atoms with Gasteiger partial charge in [-0.2, -0.15) is 0 Å². The number of benzene rings is 1. The summed E-state index contributed by atoms with van der Waals surface area (Å²) in [6, 6.07) is 8.00. The van der Waals surface area contributed by atoms with Crippen molar-refractivity contribution < 1.29 is 12.8 Å². The van der Waals surface area contributed by atoms with Crippen LogP contribution >= 0.6 is 23.8 Å². The number of hydrogen-bond donors (Lipinski definition) is 0. The Kier molecular flexibility index (Phi) is 6.41. The van der Waals surface area contributed by atoms with Gasteiger partial charge in [-0.1, -0.05) is 23.7 Å². The third kappa shape index (κ3) is 5.67. The van der Waals surface area contributed by atoms with Crippen LogP contribution in [0.3, 0.4) is 0 Å². The lowest BCUT2D eigenvalue weighted by Gasteiger charge is -2.34. The molecular formula is C19H25ClN4O3S2. The van der Waals surface area contributed by atoms with E-state index in [2.05, 4.69) is 27.0 Å². The van der Waals surface area contributed by atoms with Crippen molar-refractivity contribution in [2.24, 2.45) is 5.92 Å². The maximum atomic E-state index is 11.6. The molecule has 1 aromatic heterocycles. The summed E-state index contributed by atoms with van der Waals surface area (Å²) in [5.74, 6) is 1.10. The van der Waals surface area contributed by atoms with E-state index in [0.717, 1.165) is 37.7 Å². The molecule has 2 fully saturated rings. The zero-order valence-corrected chi connectivity index (χ0v) is 18.6. The molecule has 0 radical (unpaired) electrons. The molecular weight excluding hydrogens is 432 g/mol. The third-order valence-corrected chi connectivity index (χ3v) is 7.94. The summed E-state index contributed by atoms with van der Waals surface area (Å²) in [5, 5.41) is 5.25. The lowest BCUT2D eigenvalue weighted by Crippen LogP contribution is -2.46. The summed E-state index contributed by atoms with van der Waals surface area (Å²) in [5.41, 5.74) is 1.26. The summed E-state index contributed by atoms with van der Waals surface area (Å²) in [7, 11) is -2.89. The van der Waals surface area contributed by atoms with Gasteiger partial charge in [-0.15, -0.1) is 5.10 Å². The Bertz CT molecular complexity index is 995. The molecule has 4 rings (SSSR count). The van der Waals surface area contributed by atoms with Gasteiger partial charge in [0.05, 0.1) is 18.2 Å². The van der Waals surface area contributed by atoms with Crippen molar-refractivity contribution in [1.29, 1.82) is 0 Å². The van der Waals surface area contributed by atoms with Gasteiger partial charge in [0, 0.05) is 44.2 Å². The molecule has 2 aromatic rings. The second kappa shape index (κ2) is 8.85. The molecule has 0 amide bonds. The average molecular weight is 457 g/mol. The smallest absolute Gasteiger partial charge is 0.288 e. The minimum absolute atomic E-state index is 0.0814. The molecule has 158 valence electrons. The molecule has 0 unspecified atom stereocenters. The van der Waals surface area contributed by atoms with Crippen molar-refractivity contribution >= 4 is 33.7 Å². The topological polar surface area (TPSA) is 71.6 Å². The van der Waals surface area contributed by atoms with Crippen LogP contribution in [0.2, 0.25) is 5.02 Å². The fourth-order valence-electron chi connectivity index (χ4n) is 3.93. The van der Waals surface area contributed by atoms with E-state index in [1.54, 1.807) is 4.68 Å². The van der Waals surface area contributed by atoms with E-state index in [4.69, 9.17) is 28.2 Å². The molecule has 0 bridgehead atoms. The van der Waals surface area contributed by atoms with Crippen molar-refractivity contribution in [3.63, 3.8) is 0 Å². The molecule has 2 aliphatic rings. The van der Waals surface area contributed by atoms with E-state index in [9.17, 15) is 8.42 Å². The monoisotopic (exact) mass is 456 g/mol. The van der Waals surface area contributed by atoms with E-state index >= 15 is 0 Å².